The zero-order valence-electron chi connectivity index (χ0n) is 19.0. The summed E-state index contributed by atoms with van der Waals surface area (Å²) in [5, 5.41) is 6.33. The molecule has 1 aromatic carbocycles. The van der Waals surface area contributed by atoms with E-state index in [9.17, 15) is 9.59 Å². The van der Waals surface area contributed by atoms with E-state index in [1.807, 2.05) is 26.0 Å². The first kappa shape index (κ1) is 22.8. The molecule has 0 bridgehead atoms. The maximum Gasteiger partial charge on any atom is 0.238 e. The average Bonchev–Trinajstić information content (AvgIpc) is 2.73. The number of carbonyl (C=O) groups excluding carboxylic acids is 2. The molecule has 0 aromatic heterocycles. The lowest BCUT2D eigenvalue weighted by Crippen LogP contribution is -2.56. The first-order valence-electron chi connectivity index (χ1n) is 11.5. The topological polar surface area (TPSA) is 64.7 Å². The molecule has 1 heterocycles. The van der Waals surface area contributed by atoms with Crippen LogP contribution in [0.5, 0.6) is 0 Å². The van der Waals surface area contributed by atoms with Crippen LogP contribution in [-0.2, 0) is 9.59 Å². The molecule has 3 atom stereocenters. The Morgan fingerprint density at radius 3 is 2.50 bits per heavy atom. The number of nitrogens with one attached hydrogen (secondary N) is 2. The van der Waals surface area contributed by atoms with E-state index in [-0.39, 0.29) is 17.9 Å². The lowest BCUT2D eigenvalue weighted by molar-refractivity contribution is -0.128. The Kier molecular flexibility index (Phi) is 7.89. The fourth-order valence-electron chi connectivity index (χ4n) is 4.59. The van der Waals surface area contributed by atoms with Crippen molar-refractivity contribution >= 4 is 17.5 Å². The minimum atomic E-state index is -0.120. The second-order valence-electron chi connectivity index (χ2n) is 9.16. The number of piperazine rings is 1. The van der Waals surface area contributed by atoms with E-state index in [1.165, 1.54) is 24.8 Å². The minimum Gasteiger partial charge on any atom is -0.352 e. The van der Waals surface area contributed by atoms with Crippen LogP contribution in [0, 0.1) is 19.8 Å². The third kappa shape index (κ3) is 5.82. The van der Waals surface area contributed by atoms with E-state index in [0.29, 0.717) is 18.5 Å². The molecule has 6 heteroatoms. The fourth-order valence-corrected chi connectivity index (χ4v) is 4.59. The highest BCUT2D eigenvalue weighted by molar-refractivity contribution is 5.93. The fraction of sp³-hybridized carbons (Fsp3) is 0.667. The largest absolute Gasteiger partial charge is 0.352 e. The first-order chi connectivity index (χ1) is 14.3. The van der Waals surface area contributed by atoms with Crippen molar-refractivity contribution < 1.29 is 9.59 Å². The molecule has 3 rings (SSSR count). The standard InChI is InChI=1S/C24H38N4O2/c1-17-9-7-11-22(19(17)3)25-23(29)16-27-12-14-28(15-13-27)20(4)24(30)26-21-10-6-5-8-18(21)2/h7,9,11,18,20-21H,5-6,8,10,12-16H2,1-4H3,(H,25,29)(H,26,30)/t18-,20+,21-/m0/s1. The van der Waals surface area contributed by atoms with Crippen LogP contribution in [0.25, 0.3) is 0 Å². The van der Waals surface area contributed by atoms with Crippen molar-refractivity contribution in [3.05, 3.63) is 29.3 Å². The van der Waals surface area contributed by atoms with Gasteiger partial charge in [0.05, 0.1) is 12.6 Å². The molecule has 1 saturated heterocycles. The lowest BCUT2D eigenvalue weighted by Gasteiger charge is -2.38. The second kappa shape index (κ2) is 10.4. The summed E-state index contributed by atoms with van der Waals surface area (Å²) in [5.41, 5.74) is 3.18. The predicted molar refractivity (Wildman–Crippen MR) is 122 cm³/mol. The van der Waals surface area contributed by atoms with Gasteiger partial charge in [0.2, 0.25) is 11.8 Å². The van der Waals surface area contributed by atoms with Gasteiger partial charge in [0.1, 0.15) is 0 Å². The SMILES string of the molecule is Cc1cccc(NC(=O)CN2CCN([C@H](C)C(=O)N[C@H]3CCCC[C@@H]3C)CC2)c1C. The maximum atomic E-state index is 12.7. The third-order valence-corrected chi connectivity index (χ3v) is 7.02. The number of carbonyl (C=O) groups is 2. The van der Waals surface area contributed by atoms with E-state index in [1.54, 1.807) is 0 Å². The van der Waals surface area contributed by atoms with E-state index < -0.39 is 0 Å². The van der Waals surface area contributed by atoms with Crippen LogP contribution >= 0.6 is 0 Å². The Labute approximate surface area is 181 Å². The number of benzene rings is 1. The number of amides is 2. The molecule has 1 saturated carbocycles. The Bertz CT molecular complexity index is 743. The number of hydrogen-bond acceptors (Lipinski definition) is 4. The summed E-state index contributed by atoms with van der Waals surface area (Å²) < 4.78 is 0. The van der Waals surface area contributed by atoms with Crippen molar-refractivity contribution in [2.45, 2.75) is 65.5 Å². The molecule has 2 aliphatic rings. The molecule has 1 aromatic rings. The molecule has 6 nitrogen and oxygen atoms in total. The summed E-state index contributed by atoms with van der Waals surface area (Å²) in [7, 11) is 0. The molecule has 0 unspecified atom stereocenters. The third-order valence-electron chi connectivity index (χ3n) is 7.02. The molecule has 2 fully saturated rings. The van der Waals surface area contributed by atoms with Gasteiger partial charge in [0.25, 0.3) is 0 Å². The van der Waals surface area contributed by atoms with Gasteiger partial charge in [-0.2, -0.15) is 0 Å². The molecular weight excluding hydrogens is 376 g/mol. The van der Waals surface area contributed by atoms with Crippen molar-refractivity contribution in [1.82, 2.24) is 15.1 Å². The quantitative estimate of drug-likeness (QED) is 0.751. The van der Waals surface area contributed by atoms with E-state index >= 15 is 0 Å². The summed E-state index contributed by atoms with van der Waals surface area (Å²) >= 11 is 0. The monoisotopic (exact) mass is 414 g/mol. The zero-order chi connectivity index (χ0) is 21.7. The number of anilines is 1. The Balaban J connectivity index is 1.43. The number of hydrogen-bond donors (Lipinski definition) is 2. The summed E-state index contributed by atoms with van der Waals surface area (Å²) in [6.45, 7) is 12.0. The van der Waals surface area contributed by atoms with Crippen LogP contribution in [0.3, 0.4) is 0 Å². The van der Waals surface area contributed by atoms with Crippen molar-refractivity contribution in [2.75, 3.05) is 38.0 Å². The van der Waals surface area contributed by atoms with Gasteiger partial charge in [-0.25, -0.2) is 0 Å². The van der Waals surface area contributed by atoms with Crippen LogP contribution in [0.1, 0.15) is 50.7 Å². The van der Waals surface area contributed by atoms with Gasteiger partial charge in [-0.1, -0.05) is 31.9 Å². The smallest absolute Gasteiger partial charge is 0.238 e. The summed E-state index contributed by atoms with van der Waals surface area (Å²) in [5.74, 6) is 0.742. The number of aryl methyl sites for hydroxylation is 1. The van der Waals surface area contributed by atoms with Crippen LogP contribution in [-0.4, -0.2) is 66.4 Å². The van der Waals surface area contributed by atoms with E-state index in [4.69, 9.17) is 0 Å². The summed E-state index contributed by atoms with van der Waals surface area (Å²) in [6, 6.07) is 6.17. The Morgan fingerprint density at radius 1 is 1.10 bits per heavy atom. The van der Waals surface area contributed by atoms with E-state index in [2.05, 4.69) is 40.3 Å². The molecular formula is C24H38N4O2. The highest BCUT2D eigenvalue weighted by Gasteiger charge is 2.29. The molecule has 0 radical (unpaired) electrons. The van der Waals surface area contributed by atoms with Crippen LogP contribution in [0.15, 0.2) is 18.2 Å². The normalized spacial score (nSPS) is 24.3. The Hall–Kier alpha value is -1.92. The second-order valence-corrected chi connectivity index (χ2v) is 9.16. The molecule has 30 heavy (non-hydrogen) atoms. The van der Waals surface area contributed by atoms with Crippen LogP contribution in [0.2, 0.25) is 0 Å². The maximum absolute atomic E-state index is 12.7. The average molecular weight is 415 g/mol. The van der Waals surface area contributed by atoms with Crippen molar-refractivity contribution in [1.29, 1.82) is 0 Å². The molecule has 2 amide bonds. The van der Waals surface area contributed by atoms with E-state index in [0.717, 1.165) is 43.9 Å². The lowest BCUT2D eigenvalue weighted by atomic mass is 9.86. The van der Waals surface area contributed by atoms with Gasteiger partial charge in [-0.15, -0.1) is 0 Å². The molecule has 1 aliphatic carbocycles. The minimum absolute atomic E-state index is 0.0224. The first-order valence-corrected chi connectivity index (χ1v) is 11.5. The van der Waals surface area contributed by atoms with Crippen molar-refractivity contribution in [3.63, 3.8) is 0 Å². The molecule has 1 aliphatic heterocycles. The summed E-state index contributed by atoms with van der Waals surface area (Å²) in [6.07, 6.45) is 4.81. The zero-order valence-corrected chi connectivity index (χ0v) is 19.0. The van der Waals surface area contributed by atoms with Gasteiger partial charge in [0, 0.05) is 37.9 Å². The highest BCUT2D eigenvalue weighted by Crippen LogP contribution is 2.24. The molecule has 166 valence electrons. The van der Waals surface area contributed by atoms with Gasteiger partial charge < -0.3 is 10.6 Å². The van der Waals surface area contributed by atoms with Crippen LogP contribution < -0.4 is 10.6 Å². The molecule has 2 N–H and O–H groups in total. The summed E-state index contributed by atoms with van der Waals surface area (Å²) in [4.78, 5) is 29.6. The van der Waals surface area contributed by atoms with Crippen molar-refractivity contribution in [3.8, 4) is 0 Å². The number of rotatable bonds is 6. The van der Waals surface area contributed by atoms with Gasteiger partial charge >= 0.3 is 0 Å². The van der Waals surface area contributed by atoms with Crippen molar-refractivity contribution in [2.24, 2.45) is 5.92 Å². The predicted octanol–water partition coefficient (Wildman–Crippen LogP) is 2.94. The molecule has 0 spiro atoms. The Morgan fingerprint density at radius 2 is 1.80 bits per heavy atom. The van der Waals surface area contributed by atoms with Gasteiger partial charge in [-0.3, -0.25) is 19.4 Å². The highest BCUT2D eigenvalue weighted by atomic mass is 16.2. The number of nitrogens with zero attached hydrogens (tertiary/aromatic N) is 2. The van der Waals surface area contributed by atoms with Gasteiger partial charge in [0.15, 0.2) is 0 Å². The van der Waals surface area contributed by atoms with Crippen LogP contribution in [0.4, 0.5) is 5.69 Å². The van der Waals surface area contributed by atoms with Gasteiger partial charge in [-0.05, 0) is 56.7 Å².